The third kappa shape index (κ3) is 5.42. The zero-order chi connectivity index (χ0) is 21.9. The Kier molecular flexibility index (Phi) is 6.90. The minimum absolute atomic E-state index is 0.0634. The lowest BCUT2D eigenvalue weighted by Crippen LogP contribution is -2.41. The van der Waals surface area contributed by atoms with Crippen LogP contribution in [0.15, 0.2) is 30.4 Å². The number of carbonyl (C=O) groups excluding carboxylic acids is 1. The van der Waals surface area contributed by atoms with E-state index in [9.17, 15) is 18.0 Å². The van der Waals surface area contributed by atoms with E-state index < -0.39 is 6.36 Å². The Balaban J connectivity index is 1.63. The fourth-order valence-electron chi connectivity index (χ4n) is 4.37. The number of halogens is 4. The fraction of sp³-hybridized carbons (Fsp3) is 0.591. The van der Waals surface area contributed by atoms with Crippen molar-refractivity contribution in [2.24, 2.45) is 17.3 Å². The van der Waals surface area contributed by atoms with E-state index in [4.69, 9.17) is 16.3 Å². The molecule has 1 aliphatic heterocycles. The van der Waals surface area contributed by atoms with E-state index in [-0.39, 0.29) is 29.0 Å². The van der Waals surface area contributed by atoms with Crippen molar-refractivity contribution in [3.8, 4) is 5.75 Å². The zero-order valence-corrected chi connectivity index (χ0v) is 17.9. The quantitative estimate of drug-likeness (QED) is 0.412. The average Bonchev–Trinajstić information content (AvgIpc) is 2.69. The van der Waals surface area contributed by atoms with E-state index in [0.29, 0.717) is 30.4 Å². The summed E-state index contributed by atoms with van der Waals surface area (Å²) in [4.78, 5) is 14.0. The Morgan fingerprint density at radius 1 is 1.30 bits per heavy atom. The number of nitrogens with zero attached hydrogens (tertiary/aromatic N) is 1. The Hall–Kier alpha value is -1.89. The normalized spacial score (nSPS) is 22.1. The number of piperidine rings is 1. The highest BCUT2D eigenvalue weighted by Crippen LogP contribution is 2.45. The van der Waals surface area contributed by atoms with Crippen LogP contribution in [0.5, 0.6) is 5.75 Å². The number of rotatable bonds is 5. The molecule has 30 heavy (non-hydrogen) atoms. The molecule has 1 heterocycles. The topological polar surface area (TPSA) is 38.8 Å². The number of alkyl halides is 3. The third-order valence-electron chi connectivity index (χ3n) is 6.22. The summed E-state index contributed by atoms with van der Waals surface area (Å²) in [5.74, 6) is -0.406. The van der Waals surface area contributed by atoms with Crippen molar-refractivity contribution >= 4 is 23.3 Å². The van der Waals surface area contributed by atoms with Gasteiger partial charge in [0, 0.05) is 19.2 Å². The second kappa shape index (κ2) is 9.08. The number of hydrogen-bond donors (Lipinski definition) is 0. The SMILES string of the molecule is CCOC(=O)C(C)C1C=CC2(CC1)CCN(c1cc(OC(F)(F)F)ccc1Cl)CC2. The molecule has 2 atom stereocenters. The molecule has 0 radical (unpaired) electrons. The van der Waals surface area contributed by atoms with Gasteiger partial charge in [-0.1, -0.05) is 30.7 Å². The molecule has 0 amide bonds. The number of anilines is 1. The van der Waals surface area contributed by atoms with Gasteiger partial charge in [0.25, 0.3) is 0 Å². The lowest BCUT2D eigenvalue weighted by Gasteiger charge is -2.44. The van der Waals surface area contributed by atoms with Crippen molar-refractivity contribution < 1.29 is 27.4 Å². The van der Waals surface area contributed by atoms with Crippen LogP contribution in [0.3, 0.4) is 0 Å². The van der Waals surface area contributed by atoms with Crippen LogP contribution in [-0.4, -0.2) is 32.0 Å². The van der Waals surface area contributed by atoms with Gasteiger partial charge >= 0.3 is 12.3 Å². The molecule has 0 bridgehead atoms. The van der Waals surface area contributed by atoms with Gasteiger partial charge in [-0.25, -0.2) is 0 Å². The summed E-state index contributed by atoms with van der Waals surface area (Å²) in [7, 11) is 0. The van der Waals surface area contributed by atoms with E-state index in [0.717, 1.165) is 25.7 Å². The molecule has 4 nitrogen and oxygen atoms in total. The Morgan fingerprint density at radius 2 is 2.00 bits per heavy atom. The highest BCUT2D eigenvalue weighted by atomic mass is 35.5. The minimum Gasteiger partial charge on any atom is -0.466 e. The van der Waals surface area contributed by atoms with Gasteiger partial charge in [0.05, 0.1) is 23.2 Å². The molecule has 1 spiro atoms. The van der Waals surface area contributed by atoms with Crippen LogP contribution in [0.4, 0.5) is 18.9 Å². The van der Waals surface area contributed by atoms with Gasteiger partial charge in [-0.2, -0.15) is 0 Å². The second-order valence-electron chi connectivity index (χ2n) is 8.11. The standard InChI is InChI=1S/C22H27ClF3NO3/c1-3-29-20(28)15(2)16-6-8-21(9-7-16)10-12-27(13-11-21)19-14-17(4-5-18(19)23)30-22(24,25)26/h4-6,8,14-16H,3,7,9-13H2,1-2H3. The Labute approximate surface area is 180 Å². The summed E-state index contributed by atoms with van der Waals surface area (Å²) in [5.41, 5.74) is 0.621. The largest absolute Gasteiger partial charge is 0.573 e. The molecule has 1 aliphatic carbocycles. The van der Waals surface area contributed by atoms with Crippen LogP contribution < -0.4 is 9.64 Å². The predicted octanol–water partition coefficient (Wildman–Crippen LogP) is 5.99. The molecule has 1 saturated heterocycles. The molecule has 166 valence electrons. The molecule has 0 saturated carbocycles. The summed E-state index contributed by atoms with van der Waals surface area (Å²) in [6, 6.07) is 4.01. The molecule has 2 aliphatic rings. The maximum absolute atomic E-state index is 12.5. The first-order valence-corrected chi connectivity index (χ1v) is 10.7. The Bertz CT molecular complexity index is 788. The van der Waals surface area contributed by atoms with Crippen molar-refractivity contribution in [2.75, 3.05) is 24.6 Å². The molecule has 1 aromatic carbocycles. The second-order valence-corrected chi connectivity index (χ2v) is 8.52. The molecule has 2 unspecified atom stereocenters. The molecule has 0 N–H and O–H groups in total. The van der Waals surface area contributed by atoms with Crippen LogP contribution in [-0.2, 0) is 9.53 Å². The fourth-order valence-corrected chi connectivity index (χ4v) is 4.61. The average molecular weight is 446 g/mol. The zero-order valence-electron chi connectivity index (χ0n) is 17.2. The number of carbonyl (C=O) groups is 1. The molecule has 0 aromatic heterocycles. The number of hydrogen-bond acceptors (Lipinski definition) is 4. The molecule has 1 fully saturated rings. The van der Waals surface area contributed by atoms with Crippen LogP contribution in [0.25, 0.3) is 0 Å². The molecular weight excluding hydrogens is 419 g/mol. The van der Waals surface area contributed by atoms with Crippen molar-refractivity contribution in [3.05, 3.63) is 35.4 Å². The van der Waals surface area contributed by atoms with Crippen LogP contribution in [0.1, 0.15) is 39.5 Å². The molecule has 1 aromatic rings. The third-order valence-corrected chi connectivity index (χ3v) is 6.54. The molecule has 8 heteroatoms. The van der Waals surface area contributed by atoms with E-state index in [1.54, 1.807) is 6.92 Å². The van der Waals surface area contributed by atoms with Crippen molar-refractivity contribution in [1.82, 2.24) is 0 Å². The number of benzene rings is 1. The van der Waals surface area contributed by atoms with Gasteiger partial charge in [-0.3, -0.25) is 4.79 Å². The van der Waals surface area contributed by atoms with Crippen molar-refractivity contribution in [1.29, 1.82) is 0 Å². The first-order valence-electron chi connectivity index (χ1n) is 10.3. The van der Waals surface area contributed by atoms with Gasteiger partial charge < -0.3 is 14.4 Å². The lowest BCUT2D eigenvalue weighted by atomic mass is 9.68. The van der Waals surface area contributed by atoms with Crippen LogP contribution in [0.2, 0.25) is 5.02 Å². The van der Waals surface area contributed by atoms with E-state index in [2.05, 4.69) is 16.9 Å². The van der Waals surface area contributed by atoms with E-state index in [1.165, 1.54) is 18.2 Å². The van der Waals surface area contributed by atoms with Crippen LogP contribution >= 0.6 is 11.6 Å². The summed E-state index contributed by atoms with van der Waals surface area (Å²) >= 11 is 6.25. The maximum Gasteiger partial charge on any atom is 0.573 e. The summed E-state index contributed by atoms with van der Waals surface area (Å²) in [6.07, 6.45) is 3.31. The minimum atomic E-state index is -4.73. The van der Waals surface area contributed by atoms with Crippen LogP contribution in [0, 0.1) is 17.3 Å². The highest BCUT2D eigenvalue weighted by Gasteiger charge is 2.38. The lowest BCUT2D eigenvalue weighted by molar-refractivity contribution is -0.274. The monoisotopic (exact) mass is 445 g/mol. The number of allylic oxidation sites excluding steroid dienone is 2. The maximum atomic E-state index is 12.5. The number of ether oxygens (including phenoxy) is 2. The van der Waals surface area contributed by atoms with Gasteiger partial charge in [-0.05, 0) is 56.1 Å². The van der Waals surface area contributed by atoms with Gasteiger partial charge in [-0.15, -0.1) is 13.2 Å². The summed E-state index contributed by atoms with van der Waals surface area (Å²) < 4.78 is 46.8. The van der Waals surface area contributed by atoms with Crippen molar-refractivity contribution in [2.45, 2.75) is 45.9 Å². The molecule has 3 rings (SSSR count). The van der Waals surface area contributed by atoms with Gasteiger partial charge in [0.2, 0.25) is 0 Å². The Morgan fingerprint density at radius 3 is 2.57 bits per heavy atom. The van der Waals surface area contributed by atoms with Gasteiger partial charge in [0.1, 0.15) is 5.75 Å². The summed E-state index contributed by atoms with van der Waals surface area (Å²) in [6.45, 7) is 5.49. The van der Waals surface area contributed by atoms with Crippen molar-refractivity contribution in [3.63, 3.8) is 0 Å². The smallest absolute Gasteiger partial charge is 0.466 e. The van der Waals surface area contributed by atoms with E-state index >= 15 is 0 Å². The highest BCUT2D eigenvalue weighted by molar-refractivity contribution is 6.33. The first-order chi connectivity index (χ1) is 14.1. The first kappa shape index (κ1) is 22.8. The number of esters is 1. The molecular formula is C22H27ClF3NO3. The summed E-state index contributed by atoms with van der Waals surface area (Å²) in [5, 5.41) is 0.406. The predicted molar refractivity (Wildman–Crippen MR) is 110 cm³/mol. The van der Waals surface area contributed by atoms with E-state index in [1.807, 2.05) is 11.8 Å². The van der Waals surface area contributed by atoms with Gasteiger partial charge in [0.15, 0.2) is 0 Å².